The molecule has 1 aromatic carbocycles. The molecule has 2 aromatic rings. The van der Waals surface area contributed by atoms with Crippen LogP contribution in [0.1, 0.15) is 37.4 Å². The number of hydrogen-bond acceptors (Lipinski definition) is 9. The second kappa shape index (κ2) is 9.18. The third-order valence-corrected chi connectivity index (χ3v) is 4.78. The molecule has 1 aliphatic heterocycles. The quantitative estimate of drug-likeness (QED) is 0.297. The number of aliphatic carboxylic acids is 1. The molecule has 0 amide bonds. The lowest BCUT2D eigenvalue weighted by Crippen LogP contribution is -2.55. The van der Waals surface area contributed by atoms with Crippen LogP contribution in [0.3, 0.4) is 0 Å². The number of carbonyl (C=O) groups excluding carboxylic acids is 4. The largest absolute Gasteiger partial charge is 0.475 e. The summed E-state index contributed by atoms with van der Waals surface area (Å²) < 4.78 is 23.2. The highest BCUT2D eigenvalue weighted by Crippen LogP contribution is 2.35. The second-order valence-electron chi connectivity index (χ2n) is 7.12. The number of aromatic nitrogens is 1. The predicted molar refractivity (Wildman–Crippen MR) is 106 cm³/mol. The summed E-state index contributed by atoms with van der Waals surface area (Å²) in [6.07, 6.45) is -3.37. The molecule has 4 atom stereocenters. The molecule has 0 unspecified atom stereocenters. The number of nitrogens with zero attached hydrogens (tertiary/aromatic N) is 1. The molecular weight excluding hydrogens is 426 g/mol. The van der Waals surface area contributed by atoms with Gasteiger partial charge >= 0.3 is 23.9 Å². The molecule has 0 saturated carbocycles. The van der Waals surface area contributed by atoms with Gasteiger partial charge in [0, 0.05) is 32.4 Å². The van der Waals surface area contributed by atoms with E-state index in [1.165, 1.54) is 17.7 Å². The zero-order valence-electron chi connectivity index (χ0n) is 17.5. The van der Waals surface area contributed by atoms with Crippen LogP contribution in [-0.2, 0) is 38.1 Å². The van der Waals surface area contributed by atoms with Gasteiger partial charge in [-0.25, -0.2) is 4.79 Å². The summed E-state index contributed by atoms with van der Waals surface area (Å²) in [6.45, 7) is 3.25. The molecule has 0 bridgehead atoms. The molecule has 1 saturated heterocycles. The fourth-order valence-electron chi connectivity index (χ4n) is 3.67. The minimum atomic E-state index is -1.64. The molecule has 32 heavy (non-hydrogen) atoms. The van der Waals surface area contributed by atoms with Gasteiger partial charge in [-0.1, -0.05) is 18.2 Å². The monoisotopic (exact) mass is 447 g/mol. The molecule has 3 rings (SSSR count). The molecule has 0 spiro atoms. The minimum Gasteiger partial charge on any atom is -0.475 e. The first kappa shape index (κ1) is 22.9. The van der Waals surface area contributed by atoms with Crippen LogP contribution in [0.2, 0.25) is 0 Å². The number of para-hydroxylation sites is 1. The normalized spacial score (nSPS) is 22.7. The predicted octanol–water partition coefficient (Wildman–Crippen LogP) is 1.23. The van der Waals surface area contributed by atoms with Gasteiger partial charge in [-0.3, -0.25) is 19.2 Å². The first-order valence-corrected chi connectivity index (χ1v) is 9.60. The Kier molecular flexibility index (Phi) is 6.58. The summed E-state index contributed by atoms with van der Waals surface area (Å²) >= 11 is 0. The van der Waals surface area contributed by atoms with E-state index >= 15 is 0 Å². The highest BCUT2D eigenvalue weighted by Gasteiger charge is 2.48. The summed E-state index contributed by atoms with van der Waals surface area (Å²) in [5, 5.41) is 9.52. The number of rotatable bonds is 6. The van der Waals surface area contributed by atoms with Crippen LogP contribution in [0.5, 0.6) is 0 Å². The van der Waals surface area contributed by atoms with Crippen molar-refractivity contribution in [2.45, 2.75) is 45.3 Å². The molecule has 11 heteroatoms. The molecular formula is C21H21NO10. The van der Waals surface area contributed by atoms with E-state index in [1.54, 1.807) is 24.3 Å². The van der Waals surface area contributed by atoms with E-state index in [-0.39, 0.29) is 12.2 Å². The van der Waals surface area contributed by atoms with Crippen molar-refractivity contribution in [2.24, 2.45) is 0 Å². The van der Waals surface area contributed by atoms with Crippen molar-refractivity contribution >= 4 is 40.6 Å². The summed E-state index contributed by atoms with van der Waals surface area (Å²) in [6, 6.07) is 6.50. The van der Waals surface area contributed by atoms with Crippen LogP contribution < -0.4 is 0 Å². The van der Waals surface area contributed by atoms with Crippen LogP contribution in [0.4, 0.5) is 0 Å². The molecule has 1 aliphatic rings. The molecule has 1 N–H and O–H groups in total. The Balaban J connectivity index is 2.13. The van der Waals surface area contributed by atoms with E-state index in [0.29, 0.717) is 10.9 Å². The number of benzene rings is 1. The van der Waals surface area contributed by atoms with E-state index in [9.17, 15) is 29.1 Å². The Morgan fingerprint density at radius 3 is 2.12 bits per heavy atom. The van der Waals surface area contributed by atoms with Gasteiger partial charge in [-0.15, -0.1) is 0 Å². The third kappa shape index (κ3) is 4.62. The van der Waals surface area contributed by atoms with E-state index in [1.807, 2.05) is 0 Å². The number of ketones is 1. The number of carboxylic acid groups (broad SMARTS) is 1. The average Bonchev–Trinajstić information content (AvgIpc) is 3.08. The Labute approximate surface area is 181 Å². The highest BCUT2D eigenvalue weighted by molar-refractivity contribution is 6.42. The Bertz CT molecular complexity index is 1090. The molecule has 170 valence electrons. The number of esters is 3. The zero-order chi connectivity index (χ0) is 23.6. The number of carbonyl (C=O) groups is 5. The van der Waals surface area contributed by atoms with Crippen molar-refractivity contribution in [2.75, 3.05) is 6.61 Å². The molecule has 11 nitrogen and oxygen atoms in total. The van der Waals surface area contributed by atoms with Gasteiger partial charge in [0.05, 0.1) is 17.7 Å². The van der Waals surface area contributed by atoms with Crippen LogP contribution in [0.25, 0.3) is 10.9 Å². The van der Waals surface area contributed by atoms with Gasteiger partial charge in [0.1, 0.15) is 0 Å². The Morgan fingerprint density at radius 2 is 1.53 bits per heavy atom. The molecule has 1 aromatic heterocycles. The van der Waals surface area contributed by atoms with Gasteiger partial charge in [-0.2, -0.15) is 0 Å². The summed E-state index contributed by atoms with van der Waals surface area (Å²) in [5.74, 6) is -4.85. The first-order chi connectivity index (χ1) is 15.1. The highest BCUT2D eigenvalue weighted by atomic mass is 16.6. The van der Waals surface area contributed by atoms with Crippen LogP contribution >= 0.6 is 0 Å². The number of carboxylic acids is 1. The van der Waals surface area contributed by atoms with Crippen molar-refractivity contribution in [1.82, 2.24) is 4.57 Å². The van der Waals surface area contributed by atoms with Gasteiger partial charge in [0.2, 0.25) is 0 Å². The maximum absolute atomic E-state index is 12.2. The number of hydrogen-bond donors (Lipinski definition) is 1. The standard InChI is InChI=1S/C21H21NO10/c1-10(23)30-16-9-29-20(19(32-12(3)25)18(16)31-11(2)24)22-8-14(17(26)21(27)28)13-6-4-5-7-15(13)22/h4-8,16,18-20H,9H2,1-3H3,(H,27,28)/t16-,18+,19+,20+/m0/s1. The zero-order valence-corrected chi connectivity index (χ0v) is 17.5. The van der Waals surface area contributed by atoms with Crippen LogP contribution in [0, 0.1) is 0 Å². The number of Topliss-reactive ketones (excluding diaryl/α,β-unsaturated/α-hetero) is 1. The molecule has 0 radical (unpaired) electrons. The van der Waals surface area contributed by atoms with Crippen LogP contribution in [-0.4, -0.2) is 64.3 Å². The lowest BCUT2D eigenvalue weighted by Gasteiger charge is -2.41. The van der Waals surface area contributed by atoms with Crippen molar-refractivity contribution in [3.05, 3.63) is 36.0 Å². The Hall–Kier alpha value is -3.73. The van der Waals surface area contributed by atoms with E-state index in [2.05, 4.69) is 0 Å². The van der Waals surface area contributed by atoms with Gasteiger partial charge in [0.15, 0.2) is 24.5 Å². The van der Waals surface area contributed by atoms with E-state index in [4.69, 9.17) is 18.9 Å². The summed E-state index contributed by atoms with van der Waals surface area (Å²) in [5.41, 5.74) is 0.330. The first-order valence-electron chi connectivity index (χ1n) is 9.60. The minimum absolute atomic E-state index is 0.0931. The van der Waals surface area contributed by atoms with Crippen LogP contribution in [0.15, 0.2) is 30.5 Å². The maximum Gasteiger partial charge on any atom is 0.377 e. The van der Waals surface area contributed by atoms with Gasteiger partial charge in [-0.05, 0) is 6.07 Å². The average molecular weight is 447 g/mol. The number of fused-ring (bicyclic) bond motifs is 1. The fraction of sp³-hybridized carbons (Fsp3) is 0.381. The SMILES string of the molecule is CC(=O)O[C@@H]1[C@H](OC(C)=O)[C@@H](OC(C)=O)CO[C@H]1n1cc(C(=O)C(=O)O)c2ccccc21. The smallest absolute Gasteiger partial charge is 0.377 e. The lowest BCUT2D eigenvalue weighted by atomic mass is 10.0. The molecule has 1 fully saturated rings. The van der Waals surface area contributed by atoms with Gasteiger partial charge < -0.3 is 28.6 Å². The Morgan fingerprint density at radius 1 is 0.938 bits per heavy atom. The molecule has 2 heterocycles. The fourth-order valence-corrected chi connectivity index (χ4v) is 3.67. The van der Waals surface area contributed by atoms with E-state index in [0.717, 1.165) is 13.8 Å². The van der Waals surface area contributed by atoms with Gasteiger partial charge in [0.25, 0.3) is 5.78 Å². The van der Waals surface area contributed by atoms with Crippen molar-refractivity contribution in [1.29, 1.82) is 0 Å². The lowest BCUT2D eigenvalue weighted by molar-refractivity contribution is -0.239. The summed E-state index contributed by atoms with van der Waals surface area (Å²) in [4.78, 5) is 58.6. The molecule has 0 aliphatic carbocycles. The maximum atomic E-state index is 12.2. The topological polar surface area (TPSA) is 147 Å². The summed E-state index contributed by atoms with van der Waals surface area (Å²) in [7, 11) is 0. The second-order valence-corrected chi connectivity index (χ2v) is 7.12. The van der Waals surface area contributed by atoms with Crippen molar-refractivity contribution in [3.8, 4) is 0 Å². The third-order valence-electron chi connectivity index (χ3n) is 4.78. The number of ether oxygens (including phenoxy) is 4. The van der Waals surface area contributed by atoms with Crippen molar-refractivity contribution in [3.63, 3.8) is 0 Å². The van der Waals surface area contributed by atoms with Crippen molar-refractivity contribution < 1.29 is 48.0 Å². The van der Waals surface area contributed by atoms with E-state index < -0.39 is 54.2 Å².